The molecule has 98 valence electrons. The summed E-state index contributed by atoms with van der Waals surface area (Å²) >= 11 is 0. The molecule has 0 fully saturated rings. The molecule has 0 unspecified atom stereocenters. The monoisotopic (exact) mass is 266 g/mol. The molecule has 0 radical (unpaired) electrons. The lowest BCUT2D eigenvalue weighted by molar-refractivity contribution is 1.29. The molecule has 0 spiro atoms. The third-order valence-corrected chi connectivity index (χ3v) is 4.67. The van der Waals surface area contributed by atoms with Crippen LogP contribution in [0.1, 0.15) is 11.1 Å². The van der Waals surface area contributed by atoms with Gasteiger partial charge in [-0.05, 0) is 56.3 Å². The van der Waals surface area contributed by atoms with E-state index in [2.05, 4.69) is 72.8 Å². The van der Waals surface area contributed by atoms with Crippen molar-refractivity contribution < 1.29 is 0 Å². The molecule has 0 saturated heterocycles. The van der Waals surface area contributed by atoms with Crippen LogP contribution < -0.4 is 0 Å². The summed E-state index contributed by atoms with van der Waals surface area (Å²) < 4.78 is 0. The van der Waals surface area contributed by atoms with Crippen LogP contribution in [0.25, 0.3) is 32.7 Å². The maximum absolute atomic E-state index is 2.36. The molecule has 0 saturated carbocycles. The topological polar surface area (TPSA) is 0 Å². The van der Waals surface area contributed by atoms with Gasteiger partial charge in [0.05, 0.1) is 0 Å². The van der Waals surface area contributed by atoms with E-state index in [0.29, 0.717) is 0 Å². The zero-order valence-electron chi connectivity index (χ0n) is 11.6. The van der Waals surface area contributed by atoms with Crippen LogP contribution in [-0.4, -0.2) is 0 Å². The summed E-state index contributed by atoms with van der Waals surface area (Å²) in [6.07, 6.45) is 1.05. The highest BCUT2D eigenvalue weighted by molar-refractivity contribution is 5.98. The van der Waals surface area contributed by atoms with Crippen molar-refractivity contribution in [3.8, 4) is 11.1 Å². The van der Waals surface area contributed by atoms with Crippen LogP contribution in [0.2, 0.25) is 0 Å². The molecule has 4 aromatic carbocycles. The Balaban J connectivity index is 1.86. The Morgan fingerprint density at radius 3 is 2.14 bits per heavy atom. The van der Waals surface area contributed by atoms with Crippen molar-refractivity contribution >= 4 is 21.5 Å². The molecule has 0 heterocycles. The summed E-state index contributed by atoms with van der Waals surface area (Å²) in [6, 6.07) is 26.6. The van der Waals surface area contributed by atoms with E-state index < -0.39 is 0 Å². The fraction of sp³-hybridized carbons (Fsp3) is 0.0476. The summed E-state index contributed by atoms with van der Waals surface area (Å²) in [4.78, 5) is 0. The number of rotatable bonds is 0. The van der Waals surface area contributed by atoms with Gasteiger partial charge in [-0.1, -0.05) is 66.7 Å². The maximum Gasteiger partial charge on any atom is -0.000706 e. The van der Waals surface area contributed by atoms with Crippen LogP contribution in [0.15, 0.2) is 72.8 Å². The molecule has 0 nitrogen and oxygen atoms in total. The molecule has 0 atom stereocenters. The van der Waals surface area contributed by atoms with Crippen LogP contribution in [0.3, 0.4) is 0 Å². The van der Waals surface area contributed by atoms with Crippen molar-refractivity contribution in [2.45, 2.75) is 6.42 Å². The Morgan fingerprint density at radius 2 is 1.29 bits per heavy atom. The van der Waals surface area contributed by atoms with Crippen LogP contribution in [-0.2, 0) is 6.42 Å². The SMILES string of the molecule is c1ccc2cc3c(cc2c1)Cc1c-3ccc2ccccc12. The van der Waals surface area contributed by atoms with Gasteiger partial charge in [0.1, 0.15) is 0 Å². The standard InChI is InChI=1S/C21H14/c1-2-7-16-12-20-17(11-15(16)6-1)13-21-18-8-4-3-5-14(18)9-10-19(20)21/h1-12H,13H2. The molecule has 21 heavy (non-hydrogen) atoms. The fourth-order valence-corrected chi connectivity index (χ4v) is 3.65. The molecular weight excluding hydrogens is 252 g/mol. The number of hydrogen-bond donors (Lipinski definition) is 0. The van der Waals surface area contributed by atoms with Crippen LogP contribution in [0, 0.1) is 0 Å². The van der Waals surface area contributed by atoms with Gasteiger partial charge in [0.25, 0.3) is 0 Å². The maximum atomic E-state index is 2.36. The highest BCUT2D eigenvalue weighted by Crippen LogP contribution is 2.41. The second-order valence-electron chi connectivity index (χ2n) is 5.85. The van der Waals surface area contributed by atoms with Crippen molar-refractivity contribution in [1.29, 1.82) is 0 Å². The first-order valence-corrected chi connectivity index (χ1v) is 7.43. The Labute approximate surface area is 123 Å². The Morgan fingerprint density at radius 1 is 0.571 bits per heavy atom. The summed E-state index contributed by atoms with van der Waals surface area (Å²) in [6.45, 7) is 0. The van der Waals surface area contributed by atoms with E-state index in [9.17, 15) is 0 Å². The first kappa shape index (κ1) is 11.1. The molecule has 0 aromatic heterocycles. The van der Waals surface area contributed by atoms with Crippen LogP contribution >= 0.6 is 0 Å². The predicted molar refractivity (Wildman–Crippen MR) is 89.7 cm³/mol. The van der Waals surface area contributed by atoms with Gasteiger partial charge in [0, 0.05) is 0 Å². The van der Waals surface area contributed by atoms with E-state index in [4.69, 9.17) is 0 Å². The highest BCUT2D eigenvalue weighted by Gasteiger charge is 2.20. The molecular formula is C21H14. The molecule has 1 aliphatic rings. The zero-order valence-corrected chi connectivity index (χ0v) is 11.6. The molecule has 0 aliphatic heterocycles. The zero-order chi connectivity index (χ0) is 13.8. The van der Waals surface area contributed by atoms with Gasteiger partial charge in [-0.25, -0.2) is 0 Å². The van der Waals surface area contributed by atoms with Crippen LogP contribution in [0.4, 0.5) is 0 Å². The predicted octanol–water partition coefficient (Wildman–Crippen LogP) is 5.56. The van der Waals surface area contributed by atoms with Crippen LogP contribution in [0.5, 0.6) is 0 Å². The van der Waals surface area contributed by atoms with Gasteiger partial charge in [-0.3, -0.25) is 0 Å². The molecule has 0 bridgehead atoms. The molecule has 1 aliphatic carbocycles. The van der Waals surface area contributed by atoms with E-state index in [1.54, 1.807) is 0 Å². The third kappa shape index (κ3) is 1.50. The quantitative estimate of drug-likeness (QED) is 0.344. The number of hydrogen-bond acceptors (Lipinski definition) is 0. The van der Waals surface area contributed by atoms with Gasteiger partial charge >= 0.3 is 0 Å². The lowest BCUT2D eigenvalue weighted by Gasteiger charge is -2.06. The average Bonchev–Trinajstić information content (AvgIpc) is 2.90. The summed E-state index contributed by atoms with van der Waals surface area (Å²) in [5.41, 5.74) is 5.77. The first-order valence-electron chi connectivity index (χ1n) is 7.43. The van der Waals surface area contributed by atoms with Gasteiger partial charge in [-0.15, -0.1) is 0 Å². The second-order valence-corrected chi connectivity index (χ2v) is 5.85. The van der Waals surface area contributed by atoms with Crippen molar-refractivity contribution in [2.75, 3.05) is 0 Å². The normalized spacial score (nSPS) is 12.6. The minimum absolute atomic E-state index is 1.05. The highest BCUT2D eigenvalue weighted by atomic mass is 14.2. The average molecular weight is 266 g/mol. The second kappa shape index (κ2) is 3.95. The molecule has 0 heteroatoms. The minimum atomic E-state index is 1.05. The third-order valence-electron chi connectivity index (χ3n) is 4.67. The van der Waals surface area contributed by atoms with E-state index >= 15 is 0 Å². The molecule has 0 amide bonds. The number of fused-ring (bicyclic) bond motifs is 6. The van der Waals surface area contributed by atoms with Gasteiger partial charge in [0.15, 0.2) is 0 Å². The smallest absolute Gasteiger partial charge is 0.000706 e. The largest absolute Gasteiger partial charge is 0.0616 e. The van der Waals surface area contributed by atoms with E-state index in [0.717, 1.165) is 6.42 Å². The lowest BCUT2D eigenvalue weighted by atomic mass is 9.98. The fourth-order valence-electron chi connectivity index (χ4n) is 3.65. The number of benzene rings is 4. The van der Waals surface area contributed by atoms with Crippen molar-refractivity contribution in [3.63, 3.8) is 0 Å². The van der Waals surface area contributed by atoms with Gasteiger partial charge < -0.3 is 0 Å². The lowest BCUT2D eigenvalue weighted by Crippen LogP contribution is -1.83. The summed E-state index contributed by atoms with van der Waals surface area (Å²) in [5.74, 6) is 0. The summed E-state index contributed by atoms with van der Waals surface area (Å²) in [7, 11) is 0. The summed E-state index contributed by atoms with van der Waals surface area (Å²) in [5, 5.41) is 5.41. The van der Waals surface area contributed by atoms with Gasteiger partial charge in [0.2, 0.25) is 0 Å². The molecule has 5 rings (SSSR count). The molecule has 0 N–H and O–H groups in total. The molecule has 4 aromatic rings. The van der Waals surface area contributed by atoms with E-state index in [1.165, 1.54) is 43.8 Å². The van der Waals surface area contributed by atoms with E-state index in [-0.39, 0.29) is 0 Å². The van der Waals surface area contributed by atoms with E-state index in [1.807, 2.05) is 0 Å². The first-order chi connectivity index (χ1) is 10.4. The Kier molecular flexibility index (Phi) is 2.09. The van der Waals surface area contributed by atoms with Crippen molar-refractivity contribution in [2.24, 2.45) is 0 Å². The van der Waals surface area contributed by atoms with Crippen molar-refractivity contribution in [3.05, 3.63) is 83.9 Å². The van der Waals surface area contributed by atoms with Crippen molar-refractivity contribution in [1.82, 2.24) is 0 Å². The minimum Gasteiger partial charge on any atom is -0.0616 e. The Hall–Kier alpha value is -2.60. The Bertz CT molecular complexity index is 1010. The van der Waals surface area contributed by atoms with Gasteiger partial charge in [-0.2, -0.15) is 0 Å².